The molecule has 0 radical (unpaired) electrons. The molecule has 0 aliphatic rings. The molecular weight excluding hydrogens is 328 g/mol. The Kier molecular flexibility index (Phi) is 6.80. The molecule has 0 aliphatic carbocycles. The fourth-order valence-corrected chi connectivity index (χ4v) is 3.23. The summed E-state index contributed by atoms with van der Waals surface area (Å²) in [7, 11) is 7.61. The molecule has 26 heavy (non-hydrogen) atoms. The minimum atomic E-state index is 0.0504. The molecule has 2 aromatic rings. The van der Waals surface area contributed by atoms with E-state index >= 15 is 0 Å². The van der Waals surface area contributed by atoms with E-state index in [1.807, 2.05) is 63.9 Å². The van der Waals surface area contributed by atoms with Crippen LogP contribution in [-0.2, 0) is 18.3 Å². The number of para-hydroxylation sites is 1. The number of hydrogen-bond donors (Lipinski definition) is 1. The topological polar surface area (TPSA) is 59.4 Å². The maximum Gasteiger partial charge on any atom is 0.220 e. The van der Waals surface area contributed by atoms with E-state index in [0.29, 0.717) is 19.4 Å². The Morgan fingerprint density at radius 3 is 2.58 bits per heavy atom. The number of aryl methyl sites for hydroxylation is 2. The third-order valence-electron chi connectivity index (χ3n) is 4.87. The first-order valence-electron chi connectivity index (χ1n) is 8.90. The molecule has 1 aromatic heterocycles. The zero-order chi connectivity index (χ0) is 19.3. The van der Waals surface area contributed by atoms with E-state index in [2.05, 4.69) is 15.3 Å². The van der Waals surface area contributed by atoms with Crippen LogP contribution < -0.4 is 10.1 Å². The predicted molar refractivity (Wildman–Crippen MR) is 103 cm³/mol. The average molecular weight is 358 g/mol. The van der Waals surface area contributed by atoms with E-state index in [0.717, 1.165) is 28.3 Å². The van der Waals surface area contributed by atoms with Crippen LogP contribution in [0.4, 0.5) is 0 Å². The second-order valence-electron chi connectivity index (χ2n) is 6.80. The lowest BCUT2D eigenvalue weighted by atomic mass is 10.0. The Balaban J connectivity index is 1.97. The van der Waals surface area contributed by atoms with Crippen LogP contribution in [0, 0.1) is 13.8 Å². The van der Waals surface area contributed by atoms with E-state index in [-0.39, 0.29) is 11.9 Å². The van der Waals surface area contributed by atoms with Crippen molar-refractivity contribution in [1.29, 1.82) is 0 Å². The summed E-state index contributed by atoms with van der Waals surface area (Å²) in [5.74, 6) is 0.886. The smallest absolute Gasteiger partial charge is 0.220 e. The molecule has 2 rings (SSSR count). The number of aromatic nitrogens is 2. The fourth-order valence-electron chi connectivity index (χ4n) is 3.23. The molecule has 6 heteroatoms. The second kappa shape index (κ2) is 8.85. The standard InChI is InChI=1S/C20H30N4O2/c1-14-16(15(2)24(5)22-14)11-12-20(25)21-13-18(23(3)4)17-9-7-8-10-19(17)26-6/h7-10,18H,11-13H2,1-6H3,(H,21,25). The normalized spacial score (nSPS) is 12.3. The van der Waals surface area contributed by atoms with Crippen molar-refractivity contribution in [2.75, 3.05) is 27.7 Å². The van der Waals surface area contributed by atoms with E-state index in [9.17, 15) is 4.79 Å². The quantitative estimate of drug-likeness (QED) is 0.787. The van der Waals surface area contributed by atoms with Crippen LogP contribution in [0.5, 0.6) is 5.75 Å². The third-order valence-corrected chi connectivity index (χ3v) is 4.87. The Morgan fingerprint density at radius 2 is 2.00 bits per heavy atom. The molecule has 0 bridgehead atoms. The highest BCUT2D eigenvalue weighted by atomic mass is 16.5. The number of benzene rings is 1. The Morgan fingerprint density at radius 1 is 1.31 bits per heavy atom. The van der Waals surface area contributed by atoms with E-state index in [1.165, 1.54) is 0 Å². The number of carbonyl (C=O) groups is 1. The van der Waals surface area contributed by atoms with Crippen LogP contribution in [0.3, 0.4) is 0 Å². The monoisotopic (exact) mass is 358 g/mol. The Bertz CT molecular complexity index is 752. The van der Waals surface area contributed by atoms with Crippen LogP contribution >= 0.6 is 0 Å². The van der Waals surface area contributed by atoms with Gasteiger partial charge < -0.3 is 15.0 Å². The zero-order valence-electron chi connectivity index (χ0n) is 16.7. The highest BCUT2D eigenvalue weighted by Crippen LogP contribution is 2.27. The van der Waals surface area contributed by atoms with Gasteiger partial charge in [0.15, 0.2) is 0 Å². The van der Waals surface area contributed by atoms with Crippen molar-refractivity contribution in [3.05, 3.63) is 46.8 Å². The first kappa shape index (κ1) is 20.0. The van der Waals surface area contributed by atoms with Gasteiger partial charge in [-0.05, 0) is 46.0 Å². The number of rotatable bonds is 8. The highest BCUT2D eigenvalue weighted by Gasteiger charge is 2.19. The number of hydrogen-bond acceptors (Lipinski definition) is 4. The van der Waals surface area contributed by atoms with Gasteiger partial charge in [-0.1, -0.05) is 18.2 Å². The summed E-state index contributed by atoms with van der Waals surface area (Å²) in [6.07, 6.45) is 1.16. The molecule has 0 fully saturated rings. The lowest BCUT2D eigenvalue weighted by Gasteiger charge is -2.26. The maximum absolute atomic E-state index is 12.4. The van der Waals surface area contributed by atoms with Crippen LogP contribution in [0.2, 0.25) is 0 Å². The summed E-state index contributed by atoms with van der Waals surface area (Å²) in [4.78, 5) is 14.5. The van der Waals surface area contributed by atoms with Gasteiger partial charge in [0.1, 0.15) is 5.75 Å². The van der Waals surface area contributed by atoms with Gasteiger partial charge in [0.25, 0.3) is 0 Å². The van der Waals surface area contributed by atoms with E-state index in [4.69, 9.17) is 4.74 Å². The van der Waals surface area contributed by atoms with Gasteiger partial charge in [0.05, 0.1) is 18.8 Å². The number of nitrogens with one attached hydrogen (secondary N) is 1. The largest absolute Gasteiger partial charge is 0.496 e. The second-order valence-corrected chi connectivity index (χ2v) is 6.80. The van der Waals surface area contributed by atoms with Crippen molar-refractivity contribution >= 4 is 5.91 Å². The average Bonchev–Trinajstić information content (AvgIpc) is 2.85. The molecule has 1 N–H and O–H groups in total. The van der Waals surface area contributed by atoms with Crippen molar-refractivity contribution in [2.24, 2.45) is 7.05 Å². The van der Waals surface area contributed by atoms with Crippen LogP contribution in [0.1, 0.15) is 35.0 Å². The molecule has 142 valence electrons. The SMILES string of the molecule is COc1ccccc1C(CNC(=O)CCc1c(C)nn(C)c1C)N(C)C. The van der Waals surface area contributed by atoms with Gasteiger partial charge in [-0.3, -0.25) is 9.48 Å². The van der Waals surface area contributed by atoms with Gasteiger partial charge in [-0.25, -0.2) is 0 Å². The van der Waals surface area contributed by atoms with Crippen molar-refractivity contribution in [3.63, 3.8) is 0 Å². The number of amides is 1. The molecule has 0 saturated heterocycles. The molecule has 0 spiro atoms. The molecule has 1 atom stereocenters. The van der Waals surface area contributed by atoms with Gasteiger partial charge in [0, 0.05) is 31.3 Å². The van der Waals surface area contributed by atoms with Crippen LogP contribution in [-0.4, -0.2) is 48.3 Å². The summed E-state index contributed by atoms with van der Waals surface area (Å²) < 4.78 is 7.34. The number of carbonyl (C=O) groups excluding carboxylic acids is 1. The Hall–Kier alpha value is -2.34. The van der Waals surface area contributed by atoms with Gasteiger partial charge >= 0.3 is 0 Å². The van der Waals surface area contributed by atoms with Crippen LogP contribution in [0.25, 0.3) is 0 Å². The van der Waals surface area contributed by atoms with Crippen molar-refractivity contribution < 1.29 is 9.53 Å². The fraction of sp³-hybridized carbons (Fsp3) is 0.500. The van der Waals surface area contributed by atoms with Crippen LogP contribution in [0.15, 0.2) is 24.3 Å². The highest BCUT2D eigenvalue weighted by molar-refractivity contribution is 5.76. The molecule has 1 aromatic carbocycles. The summed E-state index contributed by atoms with van der Waals surface area (Å²) >= 11 is 0. The summed E-state index contributed by atoms with van der Waals surface area (Å²) in [5.41, 5.74) is 4.35. The molecule has 1 amide bonds. The number of ether oxygens (including phenoxy) is 1. The Labute approximate surface area is 156 Å². The van der Waals surface area contributed by atoms with E-state index < -0.39 is 0 Å². The number of methoxy groups -OCH3 is 1. The van der Waals surface area contributed by atoms with Crippen molar-refractivity contribution in [2.45, 2.75) is 32.7 Å². The lowest BCUT2D eigenvalue weighted by molar-refractivity contribution is -0.121. The number of nitrogens with zero attached hydrogens (tertiary/aromatic N) is 3. The number of likely N-dealkylation sites (N-methyl/N-ethyl adjacent to an activating group) is 1. The maximum atomic E-state index is 12.4. The molecule has 1 heterocycles. The summed E-state index contributed by atoms with van der Waals surface area (Å²) in [6.45, 7) is 4.57. The molecule has 6 nitrogen and oxygen atoms in total. The molecule has 1 unspecified atom stereocenters. The molecule has 0 saturated carbocycles. The van der Waals surface area contributed by atoms with Gasteiger partial charge in [0.2, 0.25) is 5.91 Å². The zero-order valence-corrected chi connectivity index (χ0v) is 16.7. The lowest BCUT2D eigenvalue weighted by Crippen LogP contribution is -2.34. The van der Waals surface area contributed by atoms with Gasteiger partial charge in [-0.2, -0.15) is 5.10 Å². The van der Waals surface area contributed by atoms with Gasteiger partial charge in [-0.15, -0.1) is 0 Å². The molecular formula is C20H30N4O2. The minimum Gasteiger partial charge on any atom is -0.496 e. The summed E-state index contributed by atoms with van der Waals surface area (Å²) in [5, 5.41) is 7.48. The predicted octanol–water partition coefficient (Wildman–Crippen LogP) is 2.40. The first-order chi connectivity index (χ1) is 12.3. The molecule has 0 aliphatic heterocycles. The minimum absolute atomic E-state index is 0.0504. The summed E-state index contributed by atoms with van der Waals surface area (Å²) in [6, 6.07) is 7.98. The van der Waals surface area contributed by atoms with Crippen molar-refractivity contribution in [3.8, 4) is 5.75 Å². The van der Waals surface area contributed by atoms with E-state index in [1.54, 1.807) is 7.11 Å². The van der Waals surface area contributed by atoms with Crippen molar-refractivity contribution in [1.82, 2.24) is 20.0 Å². The first-order valence-corrected chi connectivity index (χ1v) is 8.90. The third kappa shape index (κ3) is 4.64.